The monoisotopic (exact) mass is 225 g/mol. The van der Waals surface area contributed by atoms with Gasteiger partial charge in [0.1, 0.15) is 11.4 Å². The Morgan fingerprint density at radius 1 is 1.67 bits per heavy atom. The fraction of sp³-hybridized carbons (Fsp3) is 0.667. The van der Waals surface area contributed by atoms with Crippen molar-refractivity contribution in [1.82, 2.24) is 15.2 Å². The fourth-order valence-corrected chi connectivity index (χ4v) is 1.83. The normalized spacial score (nSPS) is 14.5. The van der Waals surface area contributed by atoms with E-state index in [1.54, 1.807) is 18.7 Å². The van der Waals surface area contributed by atoms with Crippen molar-refractivity contribution in [2.24, 2.45) is 5.73 Å². The van der Waals surface area contributed by atoms with Crippen LogP contribution in [0.3, 0.4) is 0 Å². The van der Waals surface area contributed by atoms with E-state index in [4.69, 9.17) is 11.0 Å². The second-order valence-corrected chi connectivity index (χ2v) is 4.75. The lowest BCUT2D eigenvalue weighted by molar-refractivity contribution is 0.540. The van der Waals surface area contributed by atoms with Crippen molar-refractivity contribution < 1.29 is 0 Å². The molecule has 1 rings (SSSR count). The van der Waals surface area contributed by atoms with Crippen LogP contribution >= 0.6 is 11.8 Å². The molecule has 0 saturated heterocycles. The van der Waals surface area contributed by atoms with E-state index in [2.05, 4.69) is 21.3 Å². The molecule has 0 radical (unpaired) electrons. The third-order valence-electron chi connectivity index (χ3n) is 1.90. The summed E-state index contributed by atoms with van der Waals surface area (Å²) in [6.45, 7) is 3.61. The Kier molecular flexibility index (Phi) is 4.12. The zero-order valence-electron chi connectivity index (χ0n) is 8.95. The van der Waals surface area contributed by atoms with E-state index in [0.717, 1.165) is 23.2 Å². The summed E-state index contributed by atoms with van der Waals surface area (Å²) in [5.74, 6) is 1.70. The summed E-state index contributed by atoms with van der Waals surface area (Å²) >= 11 is 1.57. The predicted octanol–water partition coefficient (Wildman–Crippen LogP) is 1.23. The van der Waals surface area contributed by atoms with Crippen molar-refractivity contribution in [3.05, 3.63) is 5.82 Å². The van der Waals surface area contributed by atoms with Gasteiger partial charge in [-0.3, -0.25) is 5.10 Å². The number of nitrogens with two attached hydrogens (primary N) is 1. The van der Waals surface area contributed by atoms with Crippen LogP contribution < -0.4 is 5.73 Å². The second kappa shape index (κ2) is 5.14. The van der Waals surface area contributed by atoms with Crippen LogP contribution in [0.1, 0.15) is 25.6 Å². The molecule has 0 bridgehead atoms. The zero-order chi connectivity index (χ0) is 11.3. The minimum atomic E-state index is -0.713. The summed E-state index contributed by atoms with van der Waals surface area (Å²) in [6.07, 6.45) is 1.58. The smallest absolute Gasteiger partial charge is 0.208 e. The molecule has 0 saturated carbocycles. The van der Waals surface area contributed by atoms with Gasteiger partial charge in [0, 0.05) is 5.75 Å². The summed E-state index contributed by atoms with van der Waals surface area (Å²) in [7, 11) is 0. The van der Waals surface area contributed by atoms with Gasteiger partial charge in [-0.2, -0.15) is 5.26 Å². The molecule has 1 unspecified atom stereocenters. The van der Waals surface area contributed by atoms with Gasteiger partial charge < -0.3 is 5.73 Å². The lowest BCUT2D eigenvalue weighted by Gasteiger charge is -2.13. The van der Waals surface area contributed by atoms with E-state index in [1.165, 1.54) is 0 Å². The van der Waals surface area contributed by atoms with Gasteiger partial charge >= 0.3 is 0 Å². The van der Waals surface area contributed by atoms with E-state index in [1.807, 2.05) is 6.92 Å². The third kappa shape index (κ3) is 4.32. The maximum Gasteiger partial charge on any atom is 0.208 e. The molecule has 6 heteroatoms. The highest BCUT2D eigenvalue weighted by Crippen LogP contribution is 2.16. The molecule has 1 aromatic rings. The predicted molar refractivity (Wildman–Crippen MR) is 59.3 cm³/mol. The maximum atomic E-state index is 8.70. The van der Waals surface area contributed by atoms with E-state index in [-0.39, 0.29) is 0 Å². The molecule has 1 heterocycles. The highest BCUT2D eigenvalue weighted by molar-refractivity contribution is 7.99. The molecule has 0 spiro atoms. The van der Waals surface area contributed by atoms with Crippen LogP contribution in [0.25, 0.3) is 0 Å². The van der Waals surface area contributed by atoms with Gasteiger partial charge in [-0.05, 0) is 26.7 Å². The fourth-order valence-electron chi connectivity index (χ4n) is 1.05. The summed E-state index contributed by atoms with van der Waals surface area (Å²) < 4.78 is 0. The molecule has 15 heavy (non-hydrogen) atoms. The SMILES string of the molecule is Cc1nc(SCCCC(C)(N)C#N)n[nH]1. The summed E-state index contributed by atoms with van der Waals surface area (Å²) in [5.41, 5.74) is 4.98. The van der Waals surface area contributed by atoms with Gasteiger partial charge in [0.15, 0.2) is 0 Å². The van der Waals surface area contributed by atoms with Gasteiger partial charge in [-0.25, -0.2) is 4.98 Å². The summed E-state index contributed by atoms with van der Waals surface area (Å²) in [5, 5.41) is 16.2. The standard InChI is InChI=1S/C9H15N5S/c1-7-12-8(14-13-7)15-5-3-4-9(2,11)6-10/h3-5,11H2,1-2H3,(H,12,13,14). The lowest BCUT2D eigenvalue weighted by Crippen LogP contribution is -2.33. The van der Waals surface area contributed by atoms with Gasteiger partial charge in [0.2, 0.25) is 5.16 Å². The van der Waals surface area contributed by atoms with Gasteiger partial charge in [0.05, 0.1) is 6.07 Å². The first-order valence-corrected chi connectivity index (χ1v) is 5.74. The highest BCUT2D eigenvalue weighted by Gasteiger charge is 2.16. The largest absolute Gasteiger partial charge is 0.314 e. The Morgan fingerprint density at radius 3 is 2.93 bits per heavy atom. The Labute approximate surface area is 93.5 Å². The molecular weight excluding hydrogens is 210 g/mol. The average Bonchev–Trinajstić information content (AvgIpc) is 2.59. The van der Waals surface area contributed by atoms with Crippen LogP contribution in [0, 0.1) is 18.3 Å². The Balaban J connectivity index is 2.21. The van der Waals surface area contributed by atoms with Crippen molar-refractivity contribution in [3.8, 4) is 6.07 Å². The first-order chi connectivity index (χ1) is 7.03. The molecule has 0 aliphatic heterocycles. The van der Waals surface area contributed by atoms with Crippen molar-refractivity contribution in [2.75, 3.05) is 5.75 Å². The maximum absolute atomic E-state index is 8.70. The number of thioether (sulfide) groups is 1. The number of H-pyrrole nitrogens is 1. The van der Waals surface area contributed by atoms with Crippen LogP contribution in [0.4, 0.5) is 0 Å². The molecule has 0 aromatic carbocycles. The number of rotatable bonds is 5. The molecule has 1 atom stereocenters. The van der Waals surface area contributed by atoms with Gasteiger partial charge in [-0.15, -0.1) is 5.10 Å². The highest BCUT2D eigenvalue weighted by atomic mass is 32.2. The zero-order valence-corrected chi connectivity index (χ0v) is 9.77. The topological polar surface area (TPSA) is 91.4 Å². The van der Waals surface area contributed by atoms with Crippen molar-refractivity contribution in [3.63, 3.8) is 0 Å². The molecule has 3 N–H and O–H groups in total. The van der Waals surface area contributed by atoms with E-state index < -0.39 is 5.54 Å². The Hall–Kier alpha value is -1.06. The van der Waals surface area contributed by atoms with E-state index in [0.29, 0.717) is 6.42 Å². The number of aryl methyl sites for hydroxylation is 1. The molecule has 5 nitrogen and oxygen atoms in total. The number of nitrogens with one attached hydrogen (secondary N) is 1. The number of hydrogen-bond donors (Lipinski definition) is 2. The van der Waals surface area contributed by atoms with Crippen LogP contribution in [0.5, 0.6) is 0 Å². The Bertz CT molecular complexity index is 352. The summed E-state index contributed by atoms with van der Waals surface area (Å²) in [4.78, 5) is 4.16. The molecular formula is C9H15N5S. The second-order valence-electron chi connectivity index (χ2n) is 3.68. The van der Waals surface area contributed by atoms with Crippen LogP contribution in [-0.2, 0) is 0 Å². The lowest BCUT2D eigenvalue weighted by atomic mass is 10.0. The molecule has 0 amide bonds. The number of nitriles is 1. The average molecular weight is 225 g/mol. The first-order valence-electron chi connectivity index (χ1n) is 4.75. The van der Waals surface area contributed by atoms with E-state index >= 15 is 0 Å². The first kappa shape index (κ1) is 12.0. The molecule has 1 aromatic heterocycles. The quantitative estimate of drug-likeness (QED) is 0.581. The molecule has 0 aliphatic carbocycles. The van der Waals surface area contributed by atoms with Crippen LogP contribution in [0.15, 0.2) is 5.16 Å². The number of aromatic amines is 1. The van der Waals surface area contributed by atoms with Crippen molar-refractivity contribution >= 4 is 11.8 Å². The van der Waals surface area contributed by atoms with Crippen LogP contribution in [-0.4, -0.2) is 26.5 Å². The number of hydrogen-bond acceptors (Lipinski definition) is 5. The molecule has 0 fully saturated rings. The number of aromatic nitrogens is 3. The Morgan fingerprint density at radius 2 is 2.40 bits per heavy atom. The van der Waals surface area contributed by atoms with Crippen molar-refractivity contribution in [1.29, 1.82) is 5.26 Å². The van der Waals surface area contributed by atoms with Gasteiger partial charge in [0.25, 0.3) is 0 Å². The molecule has 82 valence electrons. The van der Waals surface area contributed by atoms with Crippen molar-refractivity contribution in [2.45, 2.75) is 37.4 Å². The van der Waals surface area contributed by atoms with E-state index in [9.17, 15) is 0 Å². The number of nitrogens with zero attached hydrogens (tertiary/aromatic N) is 3. The molecule has 0 aliphatic rings. The minimum Gasteiger partial charge on any atom is -0.314 e. The third-order valence-corrected chi connectivity index (χ3v) is 2.84. The minimum absolute atomic E-state index is 0.694. The van der Waals surface area contributed by atoms with Crippen LogP contribution in [0.2, 0.25) is 0 Å². The summed E-state index contributed by atoms with van der Waals surface area (Å²) in [6, 6.07) is 2.08. The van der Waals surface area contributed by atoms with Gasteiger partial charge in [-0.1, -0.05) is 11.8 Å².